The first kappa shape index (κ1) is 19.9. The second kappa shape index (κ2) is 8.87. The van der Waals surface area contributed by atoms with Gasteiger partial charge in [0.05, 0.1) is 18.6 Å². The van der Waals surface area contributed by atoms with Crippen molar-refractivity contribution in [3.8, 4) is 16.9 Å². The first-order valence-corrected chi connectivity index (χ1v) is 10.1. The number of benzene rings is 1. The lowest BCUT2D eigenvalue weighted by atomic mass is 9.79. The van der Waals surface area contributed by atoms with Crippen LogP contribution < -0.4 is 15.4 Å². The van der Waals surface area contributed by atoms with Gasteiger partial charge in [-0.3, -0.25) is 4.79 Å². The molecule has 1 fully saturated rings. The molecule has 146 valence electrons. The average molecular weight is 389 g/mol. The topological polar surface area (TPSA) is 59.6 Å². The lowest BCUT2D eigenvalue weighted by Crippen LogP contribution is -2.47. The third-order valence-corrected chi connectivity index (χ3v) is 6.33. The SMILES string of the molecule is COCC1(CNC(=O)c2cc(-c3ccc(OC)cc3)c(C)s2)CCNCC1. The highest BCUT2D eigenvalue weighted by molar-refractivity contribution is 7.14. The van der Waals surface area contributed by atoms with Crippen molar-refractivity contribution in [1.82, 2.24) is 10.6 Å². The molecule has 0 saturated carbocycles. The zero-order chi connectivity index (χ0) is 19.3. The Hall–Kier alpha value is -1.89. The Morgan fingerprint density at radius 2 is 1.93 bits per heavy atom. The van der Waals surface area contributed by atoms with Gasteiger partial charge in [-0.1, -0.05) is 12.1 Å². The minimum atomic E-state index is -0.00290. The van der Waals surface area contributed by atoms with E-state index in [2.05, 4.69) is 17.6 Å². The Balaban J connectivity index is 1.69. The van der Waals surface area contributed by atoms with E-state index in [0.717, 1.165) is 52.6 Å². The van der Waals surface area contributed by atoms with Crippen LogP contribution in [0.25, 0.3) is 11.1 Å². The molecule has 2 aromatic rings. The summed E-state index contributed by atoms with van der Waals surface area (Å²) in [4.78, 5) is 14.6. The normalized spacial score (nSPS) is 16.1. The highest BCUT2D eigenvalue weighted by Crippen LogP contribution is 2.33. The van der Waals surface area contributed by atoms with E-state index in [1.807, 2.05) is 30.3 Å². The van der Waals surface area contributed by atoms with Crippen molar-refractivity contribution in [2.45, 2.75) is 19.8 Å². The van der Waals surface area contributed by atoms with E-state index in [1.54, 1.807) is 14.2 Å². The van der Waals surface area contributed by atoms with Crippen molar-refractivity contribution in [3.05, 3.63) is 40.1 Å². The van der Waals surface area contributed by atoms with Gasteiger partial charge in [-0.15, -0.1) is 11.3 Å². The van der Waals surface area contributed by atoms with Gasteiger partial charge >= 0.3 is 0 Å². The molecule has 6 heteroatoms. The molecule has 1 aliphatic heterocycles. The van der Waals surface area contributed by atoms with Gasteiger partial charge in [0.25, 0.3) is 5.91 Å². The number of nitrogens with one attached hydrogen (secondary N) is 2. The molecule has 1 saturated heterocycles. The fourth-order valence-corrected chi connectivity index (χ4v) is 4.60. The van der Waals surface area contributed by atoms with Crippen molar-refractivity contribution in [3.63, 3.8) is 0 Å². The number of hydrogen-bond acceptors (Lipinski definition) is 5. The molecule has 1 aliphatic rings. The smallest absolute Gasteiger partial charge is 0.261 e. The van der Waals surface area contributed by atoms with Crippen molar-refractivity contribution >= 4 is 17.2 Å². The fourth-order valence-electron chi connectivity index (χ4n) is 3.64. The van der Waals surface area contributed by atoms with Crippen LogP contribution in [0.4, 0.5) is 0 Å². The third-order valence-electron chi connectivity index (χ3n) is 5.28. The first-order chi connectivity index (χ1) is 13.1. The number of rotatable bonds is 7. The molecule has 1 aromatic carbocycles. The Morgan fingerprint density at radius 3 is 2.56 bits per heavy atom. The van der Waals surface area contributed by atoms with Crippen LogP contribution in [0.15, 0.2) is 30.3 Å². The summed E-state index contributed by atoms with van der Waals surface area (Å²) in [6.45, 7) is 5.32. The number of piperidine rings is 1. The van der Waals surface area contributed by atoms with Crippen LogP contribution in [0.5, 0.6) is 5.75 Å². The first-order valence-electron chi connectivity index (χ1n) is 9.30. The van der Waals surface area contributed by atoms with Gasteiger partial charge in [0.2, 0.25) is 0 Å². The number of ether oxygens (including phenoxy) is 2. The van der Waals surface area contributed by atoms with Gasteiger partial charge in [0, 0.05) is 23.9 Å². The van der Waals surface area contributed by atoms with Crippen LogP contribution in [-0.4, -0.2) is 46.4 Å². The Kier molecular flexibility index (Phi) is 6.52. The second-order valence-corrected chi connectivity index (χ2v) is 8.43. The number of amides is 1. The van der Waals surface area contributed by atoms with E-state index in [1.165, 1.54) is 11.3 Å². The molecule has 0 aliphatic carbocycles. The van der Waals surface area contributed by atoms with E-state index in [0.29, 0.717) is 13.2 Å². The summed E-state index contributed by atoms with van der Waals surface area (Å²) < 4.78 is 10.7. The van der Waals surface area contributed by atoms with E-state index in [9.17, 15) is 4.79 Å². The maximum atomic E-state index is 12.8. The fraction of sp³-hybridized carbons (Fsp3) is 0.476. The third kappa shape index (κ3) is 4.69. The number of thiophene rings is 1. The van der Waals surface area contributed by atoms with Crippen LogP contribution in [0.1, 0.15) is 27.4 Å². The highest BCUT2D eigenvalue weighted by atomic mass is 32.1. The number of carbonyl (C=O) groups excluding carboxylic acids is 1. The summed E-state index contributed by atoms with van der Waals surface area (Å²) in [5, 5.41) is 6.53. The molecule has 0 bridgehead atoms. The zero-order valence-electron chi connectivity index (χ0n) is 16.3. The summed E-state index contributed by atoms with van der Waals surface area (Å²) in [5.41, 5.74) is 2.22. The predicted molar refractivity (Wildman–Crippen MR) is 110 cm³/mol. The summed E-state index contributed by atoms with van der Waals surface area (Å²) >= 11 is 1.54. The van der Waals surface area contributed by atoms with E-state index < -0.39 is 0 Å². The van der Waals surface area contributed by atoms with E-state index in [-0.39, 0.29) is 11.3 Å². The zero-order valence-corrected chi connectivity index (χ0v) is 17.1. The van der Waals surface area contributed by atoms with Crippen LogP contribution in [-0.2, 0) is 4.74 Å². The molecule has 3 rings (SSSR count). The van der Waals surface area contributed by atoms with Gasteiger partial charge in [-0.2, -0.15) is 0 Å². The average Bonchev–Trinajstić information content (AvgIpc) is 3.09. The van der Waals surface area contributed by atoms with Crippen molar-refractivity contribution in [2.75, 3.05) is 40.5 Å². The number of methoxy groups -OCH3 is 2. The summed E-state index contributed by atoms with van der Waals surface area (Å²) in [6.07, 6.45) is 2.03. The van der Waals surface area contributed by atoms with Crippen LogP contribution in [0.2, 0.25) is 0 Å². The largest absolute Gasteiger partial charge is 0.497 e. The maximum Gasteiger partial charge on any atom is 0.261 e. The summed E-state index contributed by atoms with van der Waals surface area (Å²) in [7, 11) is 3.39. The van der Waals surface area contributed by atoms with Gasteiger partial charge in [-0.05, 0) is 62.2 Å². The molecular weight excluding hydrogens is 360 g/mol. The Bertz CT molecular complexity index is 759. The minimum Gasteiger partial charge on any atom is -0.497 e. The van der Waals surface area contributed by atoms with Crippen LogP contribution >= 0.6 is 11.3 Å². The molecule has 2 heterocycles. The molecule has 0 spiro atoms. The van der Waals surface area contributed by atoms with Crippen molar-refractivity contribution in [2.24, 2.45) is 5.41 Å². The molecule has 27 heavy (non-hydrogen) atoms. The van der Waals surface area contributed by atoms with Gasteiger partial charge in [-0.25, -0.2) is 0 Å². The quantitative estimate of drug-likeness (QED) is 0.762. The molecule has 0 unspecified atom stereocenters. The highest BCUT2D eigenvalue weighted by Gasteiger charge is 2.32. The lowest BCUT2D eigenvalue weighted by molar-refractivity contribution is 0.0512. The number of hydrogen-bond donors (Lipinski definition) is 2. The molecule has 5 nitrogen and oxygen atoms in total. The molecule has 1 aromatic heterocycles. The monoisotopic (exact) mass is 388 g/mol. The molecule has 1 amide bonds. The van der Waals surface area contributed by atoms with E-state index >= 15 is 0 Å². The van der Waals surface area contributed by atoms with Gasteiger partial charge in [0.15, 0.2) is 0 Å². The number of aryl methyl sites for hydroxylation is 1. The predicted octanol–water partition coefficient (Wildman–Crippen LogP) is 3.48. The lowest BCUT2D eigenvalue weighted by Gasteiger charge is -2.37. The maximum absolute atomic E-state index is 12.8. The van der Waals surface area contributed by atoms with Crippen LogP contribution in [0, 0.1) is 12.3 Å². The van der Waals surface area contributed by atoms with Crippen molar-refractivity contribution in [1.29, 1.82) is 0 Å². The standard InChI is InChI=1S/C21H28N2O3S/c1-15-18(16-4-6-17(26-3)7-5-16)12-19(27-15)20(24)23-13-21(14-25-2)8-10-22-11-9-21/h4-7,12,22H,8-11,13-14H2,1-3H3,(H,23,24). The van der Waals surface area contributed by atoms with Crippen molar-refractivity contribution < 1.29 is 14.3 Å². The van der Waals surface area contributed by atoms with Gasteiger partial charge < -0.3 is 20.1 Å². The molecule has 0 radical (unpaired) electrons. The molecule has 0 atom stereocenters. The molecular formula is C21H28N2O3S. The van der Waals surface area contributed by atoms with Gasteiger partial charge in [0.1, 0.15) is 5.75 Å². The van der Waals surface area contributed by atoms with Crippen LogP contribution in [0.3, 0.4) is 0 Å². The number of carbonyl (C=O) groups is 1. The summed E-state index contributed by atoms with van der Waals surface area (Å²) in [6, 6.07) is 9.93. The Labute approximate surface area is 165 Å². The molecule has 2 N–H and O–H groups in total. The Morgan fingerprint density at radius 1 is 1.22 bits per heavy atom. The summed E-state index contributed by atoms with van der Waals surface area (Å²) in [5.74, 6) is 0.826. The van der Waals surface area contributed by atoms with E-state index in [4.69, 9.17) is 9.47 Å². The minimum absolute atomic E-state index is 0.00290. The second-order valence-electron chi connectivity index (χ2n) is 7.17.